The Hall–Kier alpha value is -2.86. The number of carbonyl (C=O) groups is 1. The van der Waals surface area contributed by atoms with Crippen LogP contribution in [0, 0.1) is 0 Å². The topological polar surface area (TPSA) is 84.6 Å². The molecule has 0 amide bonds. The van der Waals surface area contributed by atoms with E-state index in [0.717, 1.165) is 48.9 Å². The molecule has 1 saturated carbocycles. The molecule has 0 spiro atoms. The van der Waals surface area contributed by atoms with Crippen molar-refractivity contribution in [3.63, 3.8) is 0 Å². The van der Waals surface area contributed by atoms with Gasteiger partial charge in [-0.05, 0) is 55.5 Å². The van der Waals surface area contributed by atoms with Gasteiger partial charge in [0.15, 0.2) is 0 Å². The Kier molecular flexibility index (Phi) is 5.07. The third-order valence-corrected chi connectivity index (χ3v) is 4.70. The SMILES string of the molecule is O=C(O)c1oc2cccc(OCCCNCc3cccnc3)c2c1C1CC1. The average molecular weight is 366 g/mol. The van der Waals surface area contributed by atoms with E-state index < -0.39 is 5.97 Å². The lowest BCUT2D eigenvalue weighted by atomic mass is 10.1. The van der Waals surface area contributed by atoms with Crippen molar-refractivity contribution in [3.05, 3.63) is 59.6 Å². The van der Waals surface area contributed by atoms with Crippen molar-refractivity contribution in [2.75, 3.05) is 13.2 Å². The van der Waals surface area contributed by atoms with Crippen LogP contribution in [-0.2, 0) is 6.54 Å². The van der Waals surface area contributed by atoms with Gasteiger partial charge in [0.2, 0.25) is 5.76 Å². The van der Waals surface area contributed by atoms with E-state index in [1.165, 1.54) is 0 Å². The molecule has 140 valence electrons. The molecule has 0 radical (unpaired) electrons. The van der Waals surface area contributed by atoms with Crippen LogP contribution >= 0.6 is 0 Å². The smallest absolute Gasteiger partial charge is 0.372 e. The van der Waals surface area contributed by atoms with Crippen molar-refractivity contribution in [1.82, 2.24) is 10.3 Å². The predicted octanol–water partition coefficient (Wildman–Crippen LogP) is 3.96. The first kappa shape index (κ1) is 17.5. The first-order valence-electron chi connectivity index (χ1n) is 9.25. The van der Waals surface area contributed by atoms with E-state index in [0.29, 0.717) is 17.9 Å². The number of nitrogens with one attached hydrogen (secondary N) is 1. The molecule has 0 saturated heterocycles. The zero-order chi connectivity index (χ0) is 18.6. The summed E-state index contributed by atoms with van der Waals surface area (Å²) < 4.78 is 11.6. The summed E-state index contributed by atoms with van der Waals surface area (Å²) in [6, 6.07) is 9.49. The number of hydrogen-bond donors (Lipinski definition) is 2. The summed E-state index contributed by atoms with van der Waals surface area (Å²) in [7, 11) is 0. The van der Waals surface area contributed by atoms with Gasteiger partial charge in [-0.15, -0.1) is 0 Å². The maximum atomic E-state index is 11.5. The van der Waals surface area contributed by atoms with Gasteiger partial charge < -0.3 is 19.6 Å². The third kappa shape index (κ3) is 3.95. The molecule has 1 aliphatic carbocycles. The first-order valence-corrected chi connectivity index (χ1v) is 9.25. The van der Waals surface area contributed by atoms with Gasteiger partial charge in [0.1, 0.15) is 11.3 Å². The molecule has 3 aromatic rings. The van der Waals surface area contributed by atoms with Gasteiger partial charge in [-0.3, -0.25) is 4.98 Å². The summed E-state index contributed by atoms with van der Waals surface area (Å²) in [6.07, 6.45) is 6.46. The summed E-state index contributed by atoms with van der Waals surface area (Å²) >= 11 is 0. The molecule has 0 bridgehead atoms. The fourth-order valence-electron chi connectivity index (χ4n) is 3.30. The molecule has 0 aliphatic heterocycles. The van der Waals surface area contributed by atoms with Gasteiger partial charge in [0.05, 0.1) is 12.0 Å². The van der Waals surface area contributed by atoms with E-state index in [9.17, 15) is 9.90 Å². The zero-order valence-electron chi connectivity index (χ0n) is 15.0. The number of aromatic nitrogens is 1. The number of benzene rings is 1. The molecule has 6 nitrogen and oxygen atoms in total. The van der Waals surface area contributed by atoms with Gasteiger partial charge in [0, 0.05) is 24.5 Å². The fourth-order valence-corrected chi connectivity index (χ4v) is 3.30. The van der Waals surface area contributed by atoms with Crippen molar-refractivity contribution >= 4 is 16.9 Å². The van der Waals surface area contributed by atoms with E-state index in [4.69, 9.17) is 9.15 Å². The highest BCUT2D eigenvalue weighted by molar-refractivity contribution is 5.98. The number of aromatic carboxylic acids is 1. The number of hydrogen-bond acceptors (Lipinski definition) is 5. The Morgan fingerprint density at radius 1 is 1.30 bits per heavy atom. The molecule has 27 heavy (non-hydrogen) atoms. The Balaban J connectivity index is 1.38. The van der Waals surface area contributed by atoms with Gasteiger partial charge in [-0.1, -0.05) is 12.1 Å². The van der Waals surface area contributed by atoms with Gasteiger partial charge in [-0.25, -0.2) is 4.79 Å². The highest BCUT2D eigenvalue weighted by Crippen LogP contribution is 2.48. The highest BCUT2D eigenvalue weighted by Gasteiger charge is 2.34. The fraction of sp³-hybridized carbons (Fsp3) is 0.333. The predicted molar refractivity (Wildman–Crippen MR) is 101 cm³/mol. The summed E-state index contributed by atoms with van der Waals surface area (Å²) in [6.45, 7) is 2.15. The molecule has 0 unspecified atom stereocenters. The molecule has 2 heterocycles. The summed E-state index contributed by atoms with van der Waals surface area (Å²) in [5.41, 5.74) is 2.53. The van der Waals surface area contributed by atoms with Crippen LogP contribution in [0.25, 0.3) is 11.0 Å². The minimum atomic E-state index is -1.02. The number of furan rings is 1. The maximum Gasteiger partial charge on any atom is 0.372 e. The monoisotopic (exact) mass is 366 g/mol. The van der Waals surface area contributed by atoms with Crippen LogP contribution in [0.15, 0.2) is 47.1 Å². The summed E-state index contributed by atoms with van der Waals surface area (Å²) in [5, 5.41) is 13.6. The van der Waals surface area contributed by atoms with Crippen LogP contribution < -0.4 is 10.1 Å². The highest BCUT2D eigenvalue weighted by atomic mass is 16.5. The lowest BCUT2D eigenvalue weighted by Gasteiger charge is -2.09. The Labute approximate surface area is 157 Å². The Morgan fingerprint density at radius 3 is 2.93 bits per heavy atom. The van der Waals surface area contributed by atoms with Gasteiger partial charge in [0.25, 0.3) is 0 Å². The van der Waals surface area contributed by atoms with E-state index >= 15 is 0 Å². The van der Waals surface area contributed by atoms with Crippen LogP contribution in [0.4, 0.5) is 0 Å². The van der Waals surface area contributed by atoms with Crippen LogP contribution in [0.5, 0.6) is 5.75 Å². The minimum absolute atomic E-state index is 0.0571. The van der Waals surface area contributed by atoms with E-state index in [2.05, 4.69) is 10.3 Å². The molecule has 4 rings (SSSR count). The molecule has 1 aliphatic rings. The minimum Gasteiger partial charge on any atom is -0.493 e. The van der Waals surface area contributed by atoms with Gasteiger partial charge >= 0.3 is 5.97 Å². The van der Waals surface area contributed by atoms with Crippen LogP contribution in [-0.4, -0.2) is 29.2 Å². The van der Waals surface area contributed by atoms with Crippen molar-refractivity contribution in [3.8, 4) is 5.75 Å². The molecule has 6 heteroatoms. The molecular formula is C21H22N2O4. The van der Waals surface area contributed by atoms with E-state index in [1.54, 1.807) is 12.3 Å². The third-order valence-electron chi connectivity index (χ3n) is 4.70. The first-order chi connectivity index (χ1) is 13.2. The molecule has 1 aromatic carbocycles. The number of rotatable bonds is 9. The van der Waals surface area contributed by atoms with Crippen LogP contribution in [0.1, 0.15) is 46.9 Å². The normalized spacial score (nSPS) is 13.8. The van der Waals surface area contributed by atoms with Crippen LogP contribution in [0.2, 0.25) is 0 Å². The molecule has 1 fully saturated rings. The summed E-state index contributed by atoms with van der Waals surface area (Å²) in [4.78, 5) is 15.6. The lowest BCUT2D eigenvalue weighted by Crippen LogP contribution is -2.17. The average Bonchev–Trinajstić information content (AvgIpc) is 3.44. The van der Waals surface area contributed by atoms with Crippen molar-refractivity contribution in [1.29, 1.82) is 0 Å². The Bertz CT molecular complexity index is 932. The number of fused-ring (bicyclic) bond motifs is 1. The van der Waals surface area contributed by atoms with E-state index in [1.807, 2.05) is 30.5 Å². The second kappa shape index (κ2) is 7.80. The molecular weight excluding hydrogens is 344 g/mol. The largest absolute Gasteiger partial charge is 0.493 e. The van der Waals surface area contributed by atoms with Crippen molar-refractivity contribution < 1.29 is 19.1 Å². The van der Waals surface area contributed by atoms with Gasteiger partial charge in [-0.2, -0.15) is 0 Å². The molecule has 2 aromatic heterocycles. The van der Waals surface area contributed by atoms with E-state index in [-0.39, 0.29) is 11.7 Å². The molecule has 2 N–H and O–H groups in total. The number of pyridine rings is 1. The number of ether oxygens (including phenoxy) is 1. The second-order valence-corrected chi connectivity index (χ2v) is 6.79. The Morgan fingerprint density at radius 2 is 2.19 bits per heavy atom. The second-order valence-electron chi connectivity index (χ2n) is 6.79. The zero-order valence-corrected chi connectivity index (χ0v) is 15.0. The van der Waals surface area contributed by atoms with Crippen LogP contribution in [0.3, 0.4) is 0 Å². The van der Waals surface area contributed by atoms with Crippen molar-refractivity contribution in [2.45, 2.75) is 31.7 Å². The quantitative estimate of drug-likeness (QED) is 0.558. The standard InChI is InChI=1S/C21H22N2O4/c24-21(25)20-18(15-7-8-15)19-16(5-1-6-17(19)27-20)26-11-3-10-23-13-14-4-2-9-22-12-14/h1-2,4-6,9,12,15,23H,3,7-8,10-11,13H2,(H,24,25). The van der Waals surface area contributed by atoms with Crippen molar-refractivity contribution in [2.24, 2.45) is 0 Å². The molecule has 0 atom stereocenters. The number of carboxylic acids is 1. The maximum absolute atomic E-state index is 11.5. The number of carboxylic acid groups (broad SMARTS) is 1. The lowest BCUT2D eigenvalue weighted by molar-refractivity contribution is 0.0663. The summed E-state index contributed by atoms with van der Waals surface area (Å²) in [5.74, 6) is 0.0153. The number of nitrogens with zero attached hydrogens (tertiary/aromatic N) is 1.